The second-order valence-electron chi connectivity index (χ2n) is 8.04. The van der Waals surface area contributed by atoms with Crippen molar-refractivity contribution in [3.05, 3.63) is 24.0 Å². The van der Waals surface area contributed by atoms with Gasteiger partial charge in [0.1, 0.15) is 5.82 Å². The van der Waals surface area contributed by atoms with Crippen LogP contribution in [0.15, 0.2) is 23.1 Å². The Kier molecular flexibility index (Phi) is 7.00. The van der Waals surface area contributed by atoms with Gasteiger partial charge in [0.25, 0.3) is 5.91 Å². The number of rotatable bonds is 7. The molecule has 0 spiro atoms. The van der Waals surface area contributed by atoms with Gasteiger partial charge in [0.2, 0.25) is 10.0 Å². The lowest BCUT2D eigenvalue weighted by molar-refractivity contribution is -0.159. The molecule has 31 heavy (non-hydrogen) atoms. The summed E-state index contributed by atoms with van der Waals surface area (Å²) in [4.78, 5) is 31.1. The SMILES string of the molecule is C[C@@H](OC(=O)CCc1nc2cc(S(=O)(=O)N(C)C)ccc2n1C)C(=O)N1CCCCC1. The summed E-state index contributed by atoms with van der Waals surface area (Å²) in [6, 6.07) is 4.79. The fourth-order valence-electron chi connectivity index (χ4n) is 3.72. The molecule has 1 aromatic carbocycles. The molecule has 0 radical (unpaired) electrons. The van der Waals surface area contributed by atoms with Gasteiger partial charge in [-0.15, -0.1) is 0 Å². The first-order valence-electron chi connectivity index (χ1n) is 10.5. The molecule has 170 valence electrons. The molecule has 1 aliphatic heterocycles. The van der Waals surface area contributed by atoms with Crippen molar-refractivity contribution in [1.82, 2.24) is 18.8 Å². The minimum Gasteiger partial charge on any atom is -0.453 e. The highest BCUT2D eigenvalue weighted by Gasteiger charge is 2.25. The third kappa shape index (κ3) is 5.07. The minimum atomic E-state index is -3.55. The zero-order valence-electron chi connectivity index (χ0n) is 18.5. The van der Waals surface area contributed by atoms with Crippen LogP contribution in [0, 0.1) is 0 Å². The third-order valence-electron chi connectivity index (χ3n) is 5.60. The molecule has 1 aromatic heterocycles. The molecule has 1 atom stereocenters. The number of fused-ring (bicyclic) bond motifs is 1. The van der Waals surface area contributed by atoms with Crippen molar-refractivity contribution in [1.29, 1.82) is 0 Å². The van der Waals surface area contributed by atoms with Crippen LogP contribution in [0.2, 0.25) is 0 Å². The maximum atomic E-state index is 12.4. The standard InChI is InChI=1S/C21H30N4O5S/c1-15(21(27)25-12-6-5-7-13-25)30-20(26)11-10-19-22-17-14-16(31(28,29)23(2)3)8-9-18(17)24(19)4/h8-9,14-15H,5-7,10-13H2,1-4H3/t15-/m1/s1. The predicted molar refractivity (Wildman–Crippen MR) is 116 cm³/mol. The molecule has 2 heterocycles. The highest BCUT2D eigenvalue weighted by Crippen LogP contribution is 2.22. The van der Waals surface area contributed by atoms with Crippen LogP contribution in [-0.2, 0) is 37.8 Å². The quantitative estimate of drug-likeness (QED) is 0.595. The predicted octanol–water partition coefficient (Wildman–Crippen LogP) is 1.70. The number of imidazole rings is 1. The summed E-state index contributed by atoms with van der Waals surface area (Å²) in [5.74, 6) is 0.0348. The van der Waals surface area contributed by atoms with Crippen LogP contribution in [0.1, 0.15) is 38.4 Å². The Morgan fingerprint density at radius 3 is 2.52 bits per heavy atom. The highest BCUT2D eigenvalue weighted by atomic mass is 32.2. The Labute approximate surface area is 183 Å². The van der Waals surface area contributed by atoms with E-state index in [0.717, 1.165) is 29.1 Å². The molecule has 0 bridgehead atoms. The van der Waals surface area contributed by atoms with E-state index < -0.39 is 22.1 Å². The van der Waals surface area contributed by atoms with Gasteiger partial charge < -0.3 is 14.2 Å². The second-order valence-corrected chi connectivity index (χ2v) is 10.2. The maximum Gasteiger partial charge on any atom is 0.307 e. The number of hydrogen-bond acceptors (Lipinski definition) is 6. The number of aryl methyl sites for hydroxylation is 2. The van der Waals surface area contributed by atoms with Crippen LogP contribution < -0.4 is 0 Å². The van der Waals surface area contributed by atoms with Crippen molar-refractivity contribution in [2.24, 2.45) is 7.05 Å². The molecule has 10 heteroatoms. The molecule has 0 N–H and O–H groups in total. The Morgan fingerprint density at radius 2 is 1.87 bits per heavy atom. The number of carbonyl (C=O) groups excluding carboxylic acids is 2. The number of aromatic nitrogens is 2. The molecule has 1 fully saturated rings. The van der Waals surface area contributed by atoms with Gasteiger partial charge in [-0.25, -0.2) is 17.7 Å². The molecule has 3 rings (SSSR count). The number of piperidine rings is 1. The van der Waals surface area contributed by atoms with Gasteiger partial charge in [0.15, 0.2) is 6.10 Å². The average Bonchev–Trinajstić information content (AvgIpc) is 3.07. The smallest absolute Gasteiger partial charge is 0.307 e. The van der Waals surface area contributed by atoms with E-state index in [1.807, 2.05) is 11.6 Å². The molecule has 1 aliphatic rings. The van der Waals surface area contributed by atoms with E-state index >= 15 is 0 Å². The number of esters is 1. The van der Waals surface area contributed by atoms with E-state index in [1.165, 1.54) is 20.2 Å². The van der Waals surface area contributed by atoms with Crippen molar-refractivity contribution < 1.29 is 22.7 Å². The molecule has 0 saturated carbocycles. The zero-order valence-corrected chi connectivity index (χ0v) is 19.3. The number of sulfonamides is 1. The van der Waals surface area contributed by atoms with Gasteiger partial charge in [-0.3, -0.25) is 9.59 Å². The monoisotopic (exact) mass is 450 g/mol. The first kappa shape index (κ1) is 23.2. The molecule has 1 amide bonds. The van der Waals surface area contributed by atoms with Crippen LogP contribution in [0.3, 0.4) is 0 Å². The minimum absolute atomic E-state index is 0.0810. The summed E-state index contributed by atoms with van der Waals surface area (Å²) < 4.78 is 33.0. The van der Waals surface area contributed by atoms with Gasteiger partial charge >= 0.3 is 5.97 Å². The summed E-state index contributed by atoms with van der Waals surface area (Å²) in [5, 5.41) is 0. The van der Waals surface area contributed by atoms with E-state index in [2.05, 4.69) is 4.98 Å². The summed E-state index contributed by atoms with van der Waals surface area (Å²) in [6.45, 7) is 3.04. The maximum absolute atomic E-state index is 12.4. The van der Waals surface area contributed by atoms with Crippen molar-refractivity contribution in [2.75, 3.05) is 27.2 Å². The Hall–Kier alpha value is -2.46. The van der Waals surface area contributed by atoms with Gasteiger partial charge in [-0.2, -0.15) is 0 Å². The second kappa shape index (κ2) is 9.35. The van der Waals surface area contributed by atoms with Crippen LogP contribution in [-0.4, -0.2) is 72.3 Å². The summed E-state index contributed by atoms with van der Waals surface area (Å²) in [7, 11) is 1.22. The Balaban J connectivity index is 1.64. The number of carbonyl (C=O) groups is 2. The molecule has 2 aromatic rings. The fraction of sp³-hybridized carbons (Fsp3) is 0.571. The summed E-state index contributed by atoms with van der Waals surface area (Å²) >= 11 is 0. The lowest BCUT2D eigenvalue weighted by Crippen LogP contribution is -2.42. The van der Waals surface area contributed by atoms with Gasteiger partial charge in [0.05, 0.1) is 22.3 Å². The largest absolute Gasteiger partial charge is 0.453 e. The molecule has 1 saturated heterocycles. The van der Waals surface area contributed by atoms with Crippen LogP contribution >= 0.6 is 0 Å². The normalized spacial score (nSPS) is 16.0. The number of ether oxygens (including phenoxy) is 1. The van der Waals surface area contributed by atoms with Crippen LogP contribution in [0.25, 0.3) is 11.0 Å². The van der Waals surface area contributed by atoms with Crippen molar-refractivity contribution in [3.63, 3.8) is 0 Å². The Bertz CT molecular complexity index is 1070. The first-order valence-corrected chi connectivity index (χ1v) is 11.9. The molecular weight excluding hydrogens is 420 g/mol. The number of likely N-dealkylation sites (tertiary alicyclic amines) is 1. The number of benzene rings is 1. The van der Waals surface area contributed by atoms with Crippen molar-refractivity contribution in [3.8, 4) is 0 Å². The zero-order chi connectivity index (χ0) is 22.8. The van der Waals surface area contributed by atoms with Crippen molar-refractivity contribution in [2.45, 2.75) is 50.0 Å². The van der Waals surface area contributed by atoms with E-state index in [1.54, 1.807) is 24.0 Å². The molecule has 0 unspecified atom stereocenters. The van der Waals surface area contributed by atoms with E-state index in [9.17, 15) is 18.0 Å². The Morgan fingerprint density at radius 1 is 1.19 bits per heavy atom. The summed E-state index contributed by atoms with van der Waals surface area (Å²) in [6.07, 6.45) is 2.69. The highest BCUT2D eigenvalue weighted by molar-refractivity contribution is 7.89. The van der Waals surface area contributed by atoms with Crippen molar-refractivity contribution >= 4 is 32.9 Å². The topological polar surface area (TPSA) is 102 Å². The van der Waals surface area contributed by atoms with Crippen LogP contribution in [0.4, 0.5) is 0 Å². The van der Waals surface area contributed by atoms with E-state index in [4.69, 9.17) is 4.74 Å². The first-order chi connectivity index (χ1) is 14.6. The van der Waals surface area contributed by atoms with Gasteiger partial charge in [-0.05, 0) is 44.4 Å². The molecule has 0 aliphatic carbocycles. The number of nitrogens with zero attached hydrogens (tertiary/aromatic N) is 4. The fourth-order valence-corrected chi connectivity index (χ4v) is 4.64. The third-order valence-corrected chi connectivity index (χ3v) is 7.41. The van der Waals surface area contributed by atoms with E-state index in [-0.39, 0.29) is 17.2 Å². The summed E-state index contributed by atoms with van der Waals surface area (Å²) in [5.41, 5.74) is 1.32. The lowest BCUT2D eigenvalue weighted by atomic mass is 10.1. The van der Waals surface area contributed by atoms with Gasteiger partial charge in [-0.1, -0.05) is 0 Å². The molecular formula is C21H30N4O5S. The average molecular weight is 451 g/mol. The number of amides is 1. The van der Waals surface area contributed by atoms with E-state index in [0.29, 0.717) is 30.9 Å². The lowest BCUT2D eigenvalue weighted by Gasteiger charge is -2.28. The number of hydrogen-bond donors (Lipinski definition) is 0. The van der Waals surface area contributed by atoms with Gasteiger partial charge in [0, 0.05) is 40.7 Å². The molecule has 9 nitrogen and oxygen atoms in total. The van der Waals surface area contributed by atoms with Crippen LogP contribution in [0.5, 0.6) is 0 Å².